The number of phenolic OH excluding ortho intramolecular Hbond substituents is 1. The van der Waals surface area contributed by atoms with E-state index in [1.54, 1.807) is 71.6 Å². The first-order valence-corrected chi connectivity index (χ1v) is 20.9. The Morgan fingerprint density at radius 2 is 1.49 bits per heavy atom. The Labute approximate surface area is 312 Å². The lowest BCUT2D eigenvalue weighted by atomic mass is 9.86. The second kappa shape index (κ2) is 16.6. The van der Waals surface area contributed by atoms with Crippen LogP contribution in [0.25, 0.3) is 10.9 Å². The number of nitrogens with one attached hydrogen (secondary N) is 1. The number of carbonyl (C=O) groups excluding carboxylic acids is 1. The fraction of sp³-hybridized carbons (Fsp3) is 0.439. The minimum absolute atomic E-state index is 0.0522. The van der Waals surface area contributed by atoms with Crippen LogP contribution in [0, 0.1) is 0 Å². The van der Waals surface area contributed by atoms with Gasteiger partial charge in [-0.2, -0.15) is 0 Å². The van der Waals surface area contributed by atoms with Gasteiger partial charge in [-0.3, -0.25) is 4.79 Å². The van der Waals surface area contributed by atoms with Gasteiger partial charge in [0.1, 0.15) is 17.1 Å². The van der Waals surface area contributed by atoms with Gasteiger partial charge in [0.15, 0.2) is 8.32 Å². The molecule has 4 rings (SSSR count). The topological polar surface area (TPSA) is 159 Å². The molecule has 1 unspecified atom stereocenters. The van der Waals surface area contributed by atoms with Gasteiger partial charge in [-0.1, -0.05) is 69.3 Å². The summed E-state index contributed by atoms with van der Waals surface area (Å²) in [4.78, 5) is 42.4. The quantitative estimate of drug-likeness (QED) is 0.0697. The molecule has 2 atom stereocenters. The molecule has 1 amide bonds. The molecule has 0 saturated heterocycles. The molecule has 0 bridgehead atoms. The number of aromatic amines is 1. The van der Waals surface area contributed by atoms with Gasteiger partial charge < -0.3 is 39.1 Å². The number of carboxylic acids is 1. The first-order chi connectivity index (χ1) is 24.7. The number of aliphatic hydroxyl groups is 1. The maximum Gasteiger partial charge on any atom is 0.410 e. The zero-order valence-electron chi connectivity index (χ0n) is 32.1. The summed E-state index contributed by atoms with van der Waals surface area (Å²) >= 11 is 0. The third kappa shape index (κ3) is 10.3. The number of aromatic hydroxyl groups is 1. The van der Waals surface area contributed by atoms with Crippen LogP contribution in [0.3, 0.4) is 0 Å². The maximum absolute atomic E-state index is 13.7. The number of unbranched alkanes of at least 4 members (excludes halogenated alkanes) is 2. The summed E-state index contributed by atoms with van der Waals surface area (Å²) in [6.07, 6.45) is 1.03. The summed E-state index contributed by atoms with van der Waals surface area (Å²) in [6, 6.07) is 21.0. The number of amides is 1. The van der Waals surface area contributed by atoms with E-state index in [1.165, 1.54) is 12.1 Å². The van der Waals surface area contributed by atoms with E-state index >= 15 is 0 Å². The van der Waals surface area contributed by atoms with E-state index in [2.05, 4.69) is 38.8 Å². The van der Waals surface area contributed by atoms with Crippen LogP contribution >= 0.6 is 0 Å². The standard InChI is InChI=1S/C41H54N2O9Si/c1-39(2,3)51-38(48)43(27-34(52-53(7,8)40(4,5)6)31-21-23-33(44)36-32(31)22-24-35(45)42-36)25-13-10-14-26-50-30-19-17-29(18-20-30)41(49,37(46)47)28-15-11-9-12-16-28/h9,11-12,15-24,34,44,49H,10,13-14,25-27H2,1-8H3,(H,42,45)(H,46,47)/t34-,41?/m0/s1. The van der Waals surface area contributed by atoms with E-state index in [0.29, 0.717) is 42.6 Å². The Bertz CT molecular complexity index is 1910. The van der Waals surface area contributed by atoms with Gasteiger partial charge in [-0.05, 0) is 99.1 Å². The molecule has 11 nitrogen and oxygen atoms in total. The van der Waals surface area contributed by atoms with Gasteiger partial charge >= 0.3 is 12.1 Å². The Hall–Kier alpha value is -4.65. The highest BCUT2D eigenvalue weighted by Gasteiger charge is 2.41. The van der Waals surface area contributed by atoms with Crippen molar-refractivity contribution in [2.45, 2.75) is 96.2 Å². The van der Waals surface area contributed by atoms with E-state index in [-0.39, 0.29) is 34.0 Å². The zero-order chi connectivity index (χ0) is 39.2. The number of rotatable bonds is 15. The molecule has 0 aliphatic carbocycles. The summed E-state index contributed by atoms with van der Waals surface area (Å²) in [7, 11) is -2.40. The van der Waals surface area contributed by atoms with Crippen molar-refractivity contribution in [3.63, 3.8) is 0 Å². The second-order valence-corrected chi connectivity index (χ2v) is 20.6. The summed E-state index contributed by atoms with van der Waals surface area (Å²) in [6.45, 7) is 17.2. The van der Waals surface area contributed by atoms with Crippen LogP contribution in [0.4, 0.5) is 4.79 Å². The molecule has 4 aromatic rings. The Morgan fingerprint density at radius 3 is 2.09 bits per heavy atom. The normalized spacial score (nSPS) is 14.0. The molecule has 0 fully saturated rings. The lowest BCUT2D eigenvalue weighted by Crippen LogP contribution is -2.46. The average Bonchev–Trinajstić information content (AvgIpc) is 3.08. The third-order valence-corrected chi connectivity index (χ3v) is 14.1. The minimum atomic E-state index is -2.40. The number of aromatic nitrogens is 1. The van der Waals surface area contributed by atoms with Crippen molar-refractivity contribution in [3.8, 4) is 11.5 Å². The SMILES string of the molecule is CC(C)(C)OC(=O)N(CCCCCOc1ccc(C(O)(C(=O)O)c2ccccc2)cc1)C[C@H](O[Si](C)(C)C(C)(C)C)c1ccc(O)c2[nH]c(=O)ccc12. The number of hydrogen-bond donors (Lipinski definition) is 4. The monoisotopic (exact) mass is 746 g/mol. The first-order valence-electron chi connectivity index (χ1n) is 18.0. The molecular formula is C41H54N2O9Si. The van der Waals surface area contributed by atoms with E-state index < -0.39 is 37.7 Å². The molecule has 1 aromatic heterocycles. The fourth-order valence-electron chi connectivity index (χ4n) is 5.71. The number of H-pyrrole nitrogens is 1. The lowest BCUT2D eigenvalue weighted by molar-refractivity contribution is -0.155. The molecule has 0 aliphatic heterocycles. The first kappa shape index (κ1) is 41.1. The number of fused-ring (bicyclic) bond motifs is 1. The number of pyridine rings is 1. The smallest absolute Gasteiger partial charge is 0.410 e. The molecular weight excluding hydrogens is 693 g/mol. The molecule has 0 saturated carbocycles. The van der Waals surface area contributed by atoms with Crippen molar-refractivity contribution in [2.75, 3.05) is 19.7 Å². The highest BCUT2D eigenvalue weighted by Crippen LogP contribution is 2.42. The highest BCUT2D eigenvalue weighted by atomic mass is 28.4. The van der Waals surface area contributed by atoms with Crippen molar-refractivity contribution in [1.29, 1.82) is 0 Å². The molecule has 1 heterocycles. The number of hydrogen-bond acceptors (Lipinski definition) is 8. The third-order valence-electron chi connectivity index (χ3n) is 9.65. The van der Waals surface area contributed by atoms with Crippen LogP contribution in [0.15, 0.2) is 83.7 Å². The number of carboxylic acid groups (broad SMARTS) is 1. The number of benzene rings is 3. The van der Waals surface area contributed by atoms with Crippen LogP contribution in [0.1, 0.15) is 83.6 Å². The van der Waals surface area contributed by atoms with E-state index in [9.17, 15) is 29.7 Å². The van der Waals surface area contributed by atoms with Gasteiger partial charge in [-0.15, -0.1) is 0 Å². The van der Waals surface area contributed by atoms with Crippen LogP contribution < -0.4 is 10.3 Å². The molecule has 286 valence electrons. The average molecular weight is 747 g/mol. The van der Waals surface area contributed by atoms with Crippen molar-refractivity contribution >= 4 is 31.3 Å². The number of ether oxygens (including phenoxy) is 2. The van der Waals surface area contributed by atoms with Gasteiger partial charge in [0, 0.05) is 18.0 Å². The molecule has 53 heavy (non-hydrogen) atoms. The van der Waals surface area contributed by atoms with Crippen LogP contribution in [-0.2, 0) is 19.6 Å². The Kier molecular flexibility index (Phi) is 12.9. The molecule has 12 heteroatoms. The largest absolute Gasteiger partial charge is 0.506 e. The molecule has 0 radical (unpaired) electrons. The maximum atomic E-state index is 13.7. The Balaban J connectivity index is 1.47. The van der Waals surface area contributed by atoms with Crippen molar-refractivity contribution < 1.29 is 38.8 Å². The summed E-state index contributed by atoms with van der Waals surface area (Å²) in [5, 5.41) is 32.1. The van der Waals surface area contributed by atoms with Crippen LogP contribution in [0.2, 0.25) is 18.1 Å². The summed E-state index contributed by atoms with van der Waals surface area (Å²) in [5.74, 6) is -0.884. The Morgan fingerprint density at radius 1 is 0.849 bits per heavy atom. The minimum Gasteiger partial charge on any atom is -0.506 e. The molecule has 3 aromatic carbocycles. The number of nitrogens with zero attached hydrogens (tertiary/aromatic N) is 1. The van der Waals surface area contributed by atoms with Crippen molar-refractivity contribution in [3.05, 3.63) is 106 Å². The van der Waals surface area contributed by atoms with Crippen LogP contribution in [-0.4, -0.2) is 70.9 Å². The molecule has 0 spiro atoms. The number of aliphatic carboxylic acids is 1. The van der Waals surface area contributed by atoms with Crippen molar-refractivity contribution in [1.82, 2.24) is 9.88 Å². The van der Waals surface area contributed by atoms with E-state index in [0.717, 1.165) is 12.0 Å². The second-order valence-electron chi connectivity index (χ2n) is 15.9. The lowest BCUT2D eigenvalue weighted by Gasteiger charge is -2.41. The van der Waals surface area contributed by atoms with Gasteiger partial charge in [0.25, 0.3) is 0 Å². The fourth-order valence-corrected chi connectivity index (χ4v) is 6.98. The zero-order valence-corrected chi connectivity index (χ0v) is 33.1. The van der Waals surface area contributed by atoms with Gasteiger partial charge in [-0.25, -0.2) is 9.59 Å². The molecule has 4 N–H and O–H groups in total. The van der Waals surface area contributed by atoms with Gasteiger partial charge in [0.05, 0.1) is 24.8 Å². The van der Waals surface area contributed by atoms with Gasteiger partial charge in [0.2, 0.25) is 11.2 Å². The summed E-state index contributed by atoms with van der Waals surface area (Å²) < 4.78 is 18.8. The van der Waals surface area contributed by atoms with Crippen LogP contribution in [0.5, 0.6) is 11.5 Å². The number of phenols is 1. The summed E-state index contributed by atoms with van der Waals surface area (Å²) in [5.41, 5.74) is -1.72. The predicted octanol–water partition coefficient (Wildman–Crippen LogP) is 8.10. The van der Waals surface area contributed by atoms with E-state index in [4.69, 9.17) is 13.9 Å². The number of carbonyl (C=O) groups is 2. The predicted molar refractivity (Wildman–Crippen MR) is 208 cm³/mol. The van der Waals surface area contributed by atoms with Crippen molar-refractivity contribution in [2.24, 2.45) is 0 Å². The van der Waals surface area contributed by atoms with E-state index in [1.807, 2.05) is 20.8 Å². The molecule has 0 aliphatic rings. The highest BCUT2D eigenvalue weighted by molar-refractivity contribution is 6.74.